The van der Waals surface area contributed by atoms with Gasteiger partial charge >= 0.3 is 6.18 Å². The highest BCUT2D eigenvalue weighted by Gasteiger charge is 2.28. The molecular formula is C20H28F3IN4O2. The number of aliphatic imine (C=N–C) groups is 1. The van der Waals surface area contributed by atoms with Crippen LogP contribution in [-0.4, -0.2) is 30.3 Å². The Morgan fingerprint density at radius 3 is 2.53 bits per heavy atom. The van der Waals surface area contributed by atoms with Gasteiger partial charge in [-0.1, -0.05) is 32.9 Å². The number of oxazole rings is 1. The molecule has 0 saturated heterocycles. The van der Waals surface area contributed by atoms with E-state index in [0.717, 1.165) is 11.3 Å². The largest absolute Gasteiger partial charge is 0.484 e. The predicted molar refractivity (Wildman–Crippen MR) is 120 cm³/mol. The van der Waals surface area contributed by atoms with Crippen molar-refractivity contribution in [1.82, 2.24) is 15.6 Å². The zero-order valence-corrected chi connectivity index (χ0v) is 19.8. The number of aromatic nitrogens is 1. The average molecular weight is 540 g/mol. The highest BCUT2D eigenvalue weighted by Crippen LogP contribution is 2.22. The van der Waals surface area contributed by atoms with Crippen molar-refractivity contribution >= 4 is 29.9 Å². The van der Waals surface area contributed by atoms with Crippen LogP contribution in [0.3, 0.4) is 0 Å². The molecule has 0 spiro atoms. The fourth-order valence-electron chi connectivity index (χ4n) is 2.31. The second kappa shape index (κ2) is 11.4. The van der Waals surface area contributed by atoms with E-state index in [4.69, 9.17) is 9.15 Å². The third kappa shape index (κ3) is 9.23. The SMILES string of the molecule is CCNC(=NCc1cccc(OCC(F)(F)F)c1)NCc1ncc(C(C)(C)C)o1.I. The number of nitrogens with zero attached hydrogens (tertiary/aromatic N) is 2. The van der Waals surface area contributed by atoms with E-state index in [0.29, 0.717) is 24.9 Å². The van der Waals surface area contributed by atoms with Crippen molar-refractivity contribution in [3.63, 3.8) is 0 Å². The van der Waals surface area contributed by atoms with Gasteiger partial charge in [-0.05, 0) is 24.6 Å². The maximum absolute atomic E-state index is 12.3. The number of alkyl halides is 3. The Bertz CT molecular complexity index is 817. The standard InChI is InChI=1S/C20H27F3N4O2.HI/c1-5-24-18(27-12-17-25-11-16(29-17)19(2,3)4)26-10-14-7-6-8-15(9-14)28-13-20(21,22)23;/h6-9,11H,5,10,12-13H2,1-4H3,(H2,24,26,27);1H. The van der Waals surface area contributed by atoms with Crippen LogP contribution in [0, 0.1) is 0 Å². The maximum atomic E-state index is 12.3. The first kappa shape index (κ1) is 26.1. The summed E-state index contributed by atoms with van der Waals surface area (Å²) in [5, 5.41) is 6.24. The maximum Gasteiger partial charge on any atom is 0.422 e. The van der Waals surface area contributed by atoms with Crippen molar-refractivity contribution in [2.75, 3.05) is 13.2 Å². The fraction of sp³-hybridized carbons (Fsp3) is 0.500. The summed E-state index contributed by atoms with van der Waals surface area (Å²) in [4.78, 5) is 8.72. The van der Waals surface area contributed by atoms with E-state index in [9.17, 15) is 13.2 Å². The van der Waals surface area contributed by atoms with Crippen molar-refractivity contribution < 1.29 is 22.3 Å². The average Bonchev–Trinajstić information content (AvgIpc) is 3.12. The lowest BCUT2D eigenvalue weighted by Crippen LogP contribution is -2.36. The van der Waals surface area contributed by atoms with Crippen LogP contribution < -0.4 is 15.4 Å². The van der Waals surface area contributed by atoms with E-state index in [1.165, 1.54) is 6.07 Å². The van der Waals surface area contributed by atoms with Gasteiger partial charge in [0.05, 0.1) is 19.3 Å². The van der Waals surface area contributed by atoms with E-state index >= 15 is 0 Å². The van der Waals surface area contributed by atoms with Crippen LogP contribution in [0.1, 0.15) is 44.9 Å². The Labute approximate surface area is 191 Å². The monoisotopic (exact) mass is 540 g/mol. The van der Waals surface area contributed by atoms with Crippen molar-refractivity contribution in [3.8, 4) is 5.75 Å². The summed E-state index contributed by atoms with van der Waals surface area (Å²) in [5.41, 5.74) is 0.608. The third-order valence-corrected chi connectivity index (χ3v) is 3.76. The molecule has 0 aliphatic heterocycles. The minimum absolute atomic E-state index is 0. The second-order valence-electron chi connectivity index (χ2n) is 7.47. The van der Waals surface area contributed by atoms with E-state index in [-0.39, 0.29) is 41.7 Å². The van der Waals surface area contributed by atoms with Gasteiger partial charge in [0.25, 0.3) is 0 Å². The summed E-state index contributed by atoms with van der Waals surface area (Å²) in [6.07, 6.45) is -2.66. The lowest BCUT2D eigenvalue weighted by Gasteiger charge is -2.13. The highest BCUT2D eigenvalue weighted by atomic mass is 127. The number of nitrogens with one attached hydrogen (secondary N) is 2. The molecule has 30 heavy (non-hydrogen) atoms. The van der Waals surface area contributed by atoms with Gasteiger partial charge in [0.1, 0.15) is 11.5 Å². The van der Waals surface area contributed by atoms with Crippen molar-refractivity contribution in [2.45, 2.75) is 52.4 Å². The number of ether oxygens (including phenoxy) is 1. The van der Waals surface area contributed by atoms with Gasteiger partial charge in [0, 0.05) is 12.0 Å². The van der Waals surface area contributed by atoms with E-state index in [1.807, 2.05) is 27.7 Å². The summed E-state index contributed by atoms with van der Waals surface area (Å²) >= 11 is 0. The molecular weight excluding hydrogens is 512 g/mol. The van der Waals surface area contributed by atoms with Crippen molar-refractivity contribution in [2.24, 2.45) is 4.99 Å². The van der Waals surface area contributed by atoms with E-state index in [1.54, 1.807) is 24.4 Å². The normalized spacial score (nSPS) is 12.3. The van der Waals surface area contributed by atoms with Crippen LogP contribution in [0.25, 0.3) is 0 Å². The Morgan fingerprint density at radius 2 is 1.93 bits per heavy atom. The van der Waals surface area contributed by atoms with Crippen molar-refractivity contribution in [1.29, 1.82) is 0 Å². The van der Waals surface area contributed by atoms with Gasteiger partial charge < -0.3 is 19.8 Å². The van der Waals surface area contributed by atoms with Crippen LogP contribution in [0.5, 0.6) is 5.75 Å². The molecule has 0 aliphatic rings. The number of halogens is 4. The van der Waals surface area contributed by atoms with Gasteiger partial charge in [-0.2, -0.15) is 13.2 Å². The molecule has 0 saturated carbocycles. The van der Waals surface area contributed by atoms with Crippen LogP contribution in [0.15, 0.2) is 39.9 Å². The van der Waals surface area contributed by atoms with E-state index < -0.39 is 12.8 Å². The molecule has 10 heteroatoms. The molecule has 0 aliphatic carbocycles. The molecule has 0 fully saturated rings. The Balaban J connectivity index is 0.00000450. The molecule has 0 amide bonds. The topological polar surface area (TPSA) is 71.7 Å². The summed E-state index contributed by atoms with van der Waals surface area (Å²) < 4.78 is 47.4. The number of guanidine groups is 1. The molecule has 2 rings (SSSR count). The zero-order valence-electron chi connectivity index (χ0n) is 17.5. The molecule has 0 unspecified atom stereocenters. The molecule has 0 bridgehead atoms. The van der Waals surface area contributed by atoms with Gasteiger partial charge in [0.15, 0.2) is 12.6 Å². The van der Waals surface area contributed by atoms with Crippen LogP contribution >= 0.6 is 24.0 Å². The molecule has 168 valence electrons. The molecule has 0 atom stereocenters. The molecule has 2 N–H and O–H groups in total. The first-order valence-electron chi connectivity index (χ1n) is 9.32. The van der Waals surface area contributed by atoms with Gasteiger partial charge in [-0.15, -0.1) is 24.0 Å². The van der Waals surface area contributed by atoms with Gasteiger partial charge in [-0.3, -0.25) is 0 Å². The third-order valence-electron chi connectivity index (χ3n) is 3.76. The summed E-state index contributed by atoms with van der Waals surface area (Å²) in [7, 11) is 0. The summed E-state index contributed by atoms with van der Waals surface area (Å²) in [6, 6.07) is 6.44. The smallest absolute Gasteiger partial charge is 0.422 e. The predicted octanol–water partition coefficient (Wildman–Crippen LogP) is 4.79. The number of hydrogen-bond acceptors (Lipinski definition) is 4. The minimum Gasteiger partial charge on any atom is -0.484 e. The Morgan fingerprint density at radius 1 is 1.20 bits per heavy atom. The van der Waals surface area contributed by atoms with Gasteiger partial charge in [-0.25, -0.2) is 9.98 Å². The zero-order chi connectivity index (χ0) is 21.5. The van der Waals surface area contributed by atoms with Gasteiger partial charge in [0.2, 0.25) is 5.89 Å². The molecule has 2 aromatic rings. The lowest BCUT2D eigenvalue weighted by atomic mass is 9.94. The first-order chi connectivity index (χ1) is 13.6. The first-order valence-corrected chi connectivity index (χ1v) is 9.32. The number of benzene rings is 1. The van der Waals surface area contributed by atoms with Crippen LogP contribution in [0.4, 0.5) is 13.2 Å². The Kier molecular flexibility index (Phi) is 9.92. The number of rotatable bonds is 7. The van der Waals surface area contributed by atoms with E-state index in [2.05, 4.69) is 20.6 Å². The highest BCUT2D eigenvalue weighted by molar-refractivity contribution is 14.0. The van der Waals surface area contributed by atoms with Crippen molar-refractivity contribution in [3.05, 3.63) is 47.7 Å². The lowest BCUT2D eigenvalue weighted by molar-refractivity contribution is -0.153. The fourth-order valence-corrected chi connectivity index (χ4v) is 2.31. The van der Waals surface area contributed by atoms with Crippen LogP contribution in [0.2, 0.25) is 0 Å². The number of hydrogen-bond donors (Lipinski definition) is 2. The molecule has 1 aromatic carbocycles. The summed E-state index contributed by atoms with van der Waals surface area (Å²) in [5.74, 6) is 2.04. The quantitative estimate of drug-likeness (QED) is 0.301. The molecule has 1 heterocycles. The molecule has 1 aromatic heterocycles. The minimum atomic E-state index is -4.37. The molecule has 0 radical (unpaired) electrons. The van der Waals surface area contributed by atoms with Crippen LogP contribution in [-0.2, 0) is 18.5 Å². The summed E-state index contributed by atoms with van der Waals surface area (Å²) in [6.45, 7) is 8.03. The Hall–Kier alpha value is -1.98. The second-order valence-corrected chi connectivity index (χ2v) is 7.47. The molecule has 6 nitrogen and oxygen atoms in total.